The fourth-order valence-electron chi connectivity index (χ4n) is 2.37. The third-order valence-corrected chi connectivity index (χ3v) is 5.69. The summed E-state index contributed by atoms with van der Waals surface area (Å²) in [6.07, 6.45) is -0.714. The van der Waals surface area contributed by atoms with Crippen molar-refractivity contribution in [3.8, 4) is 11.5 Å². The Hall–Kier alpha value is -2.58. The average Bonchev–Trinajstić information content (AvgIpc) is 3.14. The molecule has 0 aliphatic carbocycles. The van der Waals surface area contributed by atoms with E-state index in [4.69, 9.17) is 9.47 Å². The van der Waals surface area contributed by atoms with E-state index in [2.05, 4.69) is 27.6 Å². The molecule has 1 aliphatic heterocycles. The van der Waals surface area contributed by atoms with Gasteiger partial charge in [-0.1, -0.05) is 65.6 Å². The first-order valence-electron chi connectivity index (χ1n) is 7.97. The minimum Gasteiger partial charge on any atom is -0.485 e. The Labute approximate surface area is 158 Å². The summed E-state index contributed by atoms with van der Waals surface area (Å²) >= 11 is 2.93. The van der Waals surface area contributed by atoms with Crippen LogP contribution in [0.4, 0.5) is 5.13 Å². The summed E-state index contributed by atoms with van der Waals surface area (Å²) in [5.74, 6) is 1.72. The number of anilines is 1. The summed E-state index contributed by atoms with van der Waals surface area (Å²) < 4.78 is 12.1. The molecule has 1 aromatic heterocycles. The summed E-state index contributed by atoms with van der Waals surface area (Å²) in [7, 11) is 0. The van der Waals surface area contributed by atoms with Gasteiger partial charge in [-0.25, -0.2) is 0 Å². The standard InChI is InChI=1S/C18H15N3O3S2/c22-16(15-10-23-13-8-4-5-9-14(13)24-15)19-17-20-21-18(26-17)25-11-12-6-2-1-3-7-12/h1-9,15H,10-11H2,(H,19,20,22). The van der Waals surface area contributed by atoms with Gasteiger partial charge in [-0.05, 0) is 17.7 Å². The summed E-state index contributed by atoms with van der Waals surface area (Å²) in [5.41, 5.74) is 1.21. The molecule has 0 spiro atoms. The largest absolute Gasteiger partial charge is 0.485 e. The molecule has 2 aromatic carbocycles. The van der Waals surface area contributed by atoms with Crippen molar-refractivity contribution in [1.29, 1.82) is 0 Å². The highest BCUT2D eigenvalue weighted by Gasteiger charge is 2.28. The number of para-hydroxylation sites is 2. The second kappa shape index (κ2) is 7.76. The molecule has 2 heterocycles. The van der Waals surface area contributed by atoms with E-state index >= 15 is 0 Å². The van der Waals surface area contributed by atoms with E-state index in [-0.39, 0.29) is 12.5 Å². The molecule has 6 nitrogen and oxygen atoms in total. The fourth-order valence-corrected chi connectivity index (χ4v) is 4.08. The van der Waals surface area contributed by atoms with Crippen LogP contribution >= 0.6 is 23.1 Å². The normalized spacial score (nSPS) is 15.5. The Morgan fingerprint density at radius 2 is 1.88 bits per heavy atom. The van der Waals surface area contributed by atoms with Crippen molar-refractivity contribution in [3.63, 3.8) is 0 Å². The van der Waals surface area contributed by atoms with Gasteiger partial charge in [0.1, 0.15) is 6.61 Å². The molecule has 8 heteroatoms. The van der Waals surface area contributed by atoms with Crippen molar-refractivity contribution in [2.24, 2.45) is 0 Å². The number of hydrogen-bond donors (Lipinski definition) is 1. The number of nitrogens with zero attached hydrogens (tertiary/aromatic N) is 2. The Balaban J connectivity index is 1.33. The molecule has 26 heavy (non-hydrogen) atoms. The number of benzene rings is 2. The van der Waals surface area contributed by atoms with Gasteiger partial charge < -0.3 is 9.47 Å². The topological polar surface area (TPSA) is 73.3 Å². The lowest BCUT2D eigenvalue weighted by atomic mass is 10.2. The lowest BCUT2D eigenvalue weighted by Gasteiger charge is -2.25. The Kier molecular flexibility index (Phi) is 5.03. The lowest BCUT2D eigenvalue weighted by Crippen LogP contribution is -2.40. The van der Waals surface area contributed by atoms with Crippen LogP contribution in [0.2, 0.25) is 0 Å². The predicted molar refractivity (Wildman–Crippen MR) is 101 cm³/mol. The zero-order valence-corrected chi connectivity index (χ0v) is 15.3. The molecule has 1 unspecified atom stereocenters. The molecule has 0 fully saturated rings. The summed E-state index contributed by atoms with van der Waals surface area (Å²) in [4.78, 5) is 12.4. The SMILES string of the molecule is O=C(Nc1nnc(SCc2ccccc2)s1)C1COc2ccccc2O1. The maximum Gasteiger partial charge on any atom is 0.270 e. The maximum atomic E-state index is 12.4. The van der Waals surface area contributed by atoms with Gasteiger partial charge >= 0.3 is 0 Å². The van der Waals surface area contributed by atoms with E-state index < -0.39 is 6.10 Å². The van der Waals surface area contributed by atoms with Crippen molar-refractivity contribution in [1.82, 2.24) is 10.2 Å². The monoisotopic (exact) mass is 385 g/mol. The molecule has 3 aromatic rings. The number of fused-ring (bicyclic) bond motifs is 1. The Morgan fingerprint density at radius 1 is 1.12 bits per heavy atom. The molecule has 0 bridgehead atoms. The second-order valence-electron chi connectivity index (χ2n) is 5.50. The van der Waals surface area contributed by atoms with Crippen molar-refractivity contribution in [2.45, 2.75) is 16.2 Å². The highest BCUT2D eigenvalue weighted by molar-refractivity contribution is 8.00. The van der Waals surface area contributed by atoms with Crippen LogP contribution in [-0.4, -0.2) is 28.8 Å². The van der Waals surface area contributed by atoms with Gasteiger partial charge in [-0.2, -0.15) is 0 Å². The summed E-state index contributed by atoms with van der Waals surface area (Å²) in [6.45, 7) is 0.164. The van der Waals surface area contributed by atoms with Crippen LogP contribution in [0.5, 0.6) is 11.5 Å². The van der Waals surface area contributed by atoms with E-state index in [1.807, 2.05) is 36.4 Å². The molecule has 1 aliphatic rings. The van der Waals surface area contributed by atoms with E-state index in [0.717, 1.165) is 10.1 Å². The van der Waals surface area contributed by atoms with E-state index in [1.165, 1.54) is 16.9 Å². The van der Waals surface area contributed by atoms with E-state index in [9.17, 15) is 4.79 Å². The molecule has 4 rings (SSSR count). The first-order chi connectivity index (χ1) is 12.8. The third-order valence-electron chi connectivity index (χ3n) is 3.64. The van der Waals surface area contributed by atoms with Crippen molar-refractivity contribution >= 4 is 34.1 Å². The third kappa shape index (κ3) is 3.97. The predicted octanol–water partition coefficient (Wildman–Crippen LogP) is 3.61. The number of amides is 1. The van der Waals surface area contributed by atoms with Crippen LogP contribution in [0.15, 0.2) is 58.9 Å². The van der Waals surface area contributed by atoms with Gasteiger partial charge in [-0.15, -0.1) is 10.2 Å². The molecule has 0 radical (unpaired) electrons. The van der Waals surface area contributed by atoms with Crippen LogP contribution in [0.25, 0.3) is 0 Å². The van der Waals surface area contributed by atoms with E-state index in [1.54, 1.807) is 17.8 Å². The number of carbonyl (C=O) groups excluding carboxylic acids is 1. The van der Waals surface area contributed by atoms with Crippen molar-refractivity contribution in [3.05, 3.63) is 60.2 Å². The zero-order chi connectivity index (χ0) is 17.8. The molecular weight excluding hydrogens is 370 g/mol. The molecule has 132 valence electrons. The smallest absolute Gasteiger partial charge is 0.270 e. The van der Waals surface area contributed by atoms with Gasteiger partial charge in [0.15, 0.2) is 15.8 Å². The van der Waals surface area contributed by atoms with Crippen LogP contribution < -0.4 is 14.8 Å². The van der Waals surface area contributed by atoms with Crippen LogP contribution in [-0.2, 0) is 10.5 Å². The zero-order valence-electron chi connectivity index (χ0n) is 13.6. The fraction of sp³-hybridized carbons (Fsp3) is 0.167. The molecule has 1 N–H and O–H groups in total. The van der Waals surface area contributed by atoms with Crippen LogP contribution in [0.3, 0.4) is 0 Å². The Bertz CT molecular complexity index is 901. The number of thioether (sulfide) groups is 1. The minimum atomic E-state index is -0.714. The number of carbonyl (C=O) groups is 1. The van der Waals surface area contributed by atoms with Gasteiger partial charge in [0, 0.05) is 5.75 Å². The van der Waals surface area contributed by atoms with Gasteiger partial charge in [0.05, 0.1) is 0 Å². The minimum absolute atomic E-state index is 0.164. The number of nitrogens with one attached hydrogen (secondary N) is 1. The first kappa shape index (κ1) is 16.9. The van der Waals surface area contributed by atoms with Crippen LogP contribution in [0, 0.1) is 0 Å². The van der Waals surface area contributed by atoms with E-state index in [0.29, 0.717) is 16.6 Å². The maximum absolute atomic E-state index is 12.4. The molecule has 0 saturated carbocycles. The van der Waals surface area contributed by atoms with Gasteiger partial charge in [-0.3, -0.25) is 10.1 Å². The molecule has 1 amide bonds. The summed E-state index contributed by atoms with van der Waals surface area (Å²) in [6, 6.07) is 17.4. The van der Waals surface area contributed by atoms with Gasteiger partial charge in [0.25, 0.3) is 5.91 Å². The molecule has 1 atom stereocenters. The lowest BCUT2D eigenvalue weighted by molar-refractivity contribution is -0.125. The van der Waals surface area contributed by atoms with Crippen molar-refractivity contribution in [2.75, 3.05) is 11.9 Å². The number of hydrogen-bond acceptors (Lipinski definition) is 7. The Morgan fingerprint density at radius 3 is 2.73 bits per heavy atom. The number of aromatic nitrogens is 2. The molecule has 0 saturated heterocycles. The van der Waals surface area contributed by atoms with Crippen LogP contribution in [0.1, 0.15) is 5.56 Å². The second-order valence-corrected chi connectivity index (χ2v) is 7.70. The quantitative estimate of drug-likeness (QED) is 0.534. The summed E-state index contributed by atoms with van der Waals surface area (Å²) in [5, 5.41) is 11.3. The highest BCUT2D eigenvalue weighted by Crippen LogP contribution is 2.32. The van der Waals surface area contributed by atoms with Gasteiger partial charge in [0.2, 0.25) is 11.2 Å². The van der Waals surface area contributed by atoms with Crippen molar-refractivity contribution < 1.29 is 14.3 Å². The number of ether oxygens (including phenoxy) is 2. The number of rotatable bonds is 5. The first-order valence-corrected chi connectivity index (χ1v) is 9.78. The molecular formula is C18H15N3O3S2. The average molecular weight is 385 g/mol. The highest BCUT2D eigenvalue weighted by atomic mass is 32.2.